The van der Waals surface area contributed by atoms with Crippen LogP contribution in [0.3, 0.4) is 0 Å². The average Bonchev–Trinajstić information content (AvgIpc) is 2.67. The second-order valence-electron chi connectivity index (χ2n) is 8.81. The van der Waals surface area contributed by atoms with Gasteiger partial charge in [-0.3, -0.25) is 4.79 Å². The number of carbonyl (C=O) groups excluding carboxylic acids is 1. The minimum atomic E-state index is -3.45. The Morgan fingerprint density at radius 3 is 2.40 bits per heavy atom. The van der Waals surface area contributed by atoms with Crippen LogP contribution >= 0.6 is 0 Å². The highest BCUT2D eigenvalue weighted by molar-refractivity contribution is 7.90. The van der Waals surface area contributed by atoms with Gasteiger partial charge in [0, 0.05) is 31.2 Å². The molecule has 3 atom stereocenters. The van der Waals surface area contributed by atoms with Crippen LogP contribution in [0.25, 0.3) is 0 Å². The highest BCUT2D eigenvalue weighted by Gasteiger charge is 2.23. The Labute approximate surface area is 180 Å². The molecule has 1 saturated heterocycles. The van der Waals surface area contributed by atoms with Crippen molar-refractivity contribution in [1.29, 1.82) is 0 Å². The molecular formula is C24H32N2O3S. The molecule has 1 aliphatic rings. The summed E-state index contributed by atoms with van der Waals surface area (Å²) < 4.78 is 25.3. The monoisotopic (exact) mass is 428 g/mol. The maximum atomic E-state index is 12.7. The second-order valence-corrected chi connectivity index (χ2v) is 10.8. The summed E-state index contributed by atoms with van der Waals surface area (Å²) in [5.74, 6) is 1.07. The molecular weight excluding hydrogens is 396 g/mol. The van der Waals surface area contributed by atoms with E-state index in [0.717, 1.165) is 19.6 Å². The van der Waals surface area contributed by atoms with E-state index in [0.29, 0.717) is 27.9 Å². The zero-order valence-corrected chi connectivity index (χ0v) is 18.9. The van der Waals surface area contributed by atoms with Gasteiger partial charge < -0.3 is 10.2 Å². The largest absolute Gasteiger partial charge is 0.348 e. The lowest BCUT2D eigenvalue weighted by atomic mass is 9.92. The van der Waals surface area contributed by atoms with Crippen molar-refractivity contribution in [2.45, 2.75) is 43.9 Å². The molecule has 0 bridgehead atoms. The van der Waals surface area contributed by atoms with Gasteiger partial charge in [0.05, 0.1) is 10.6 Å². The molecule has 1 amide bonds. The van der Waals surface area contributed by atoms with Gasteiger partial charge in [-0.15, -0.1) is 0 Å². The van der Waals surface area contributed by atoms with Crippen LogP contribution in [0, 0.1) is 11.8 Å². The molecule has 0 aliphatic carbocycles. The van der Waals surface area contributed by atoms with E-state index in [1.54, 1.807) is 54.6 Å². The third kappa shape index (κ3) is 6.16. The molecule has 0 aromatic heterocycles. The highest BCUT2D eigenvalue weighted by Crippen LogP contribution is 2.21. The van der Waals surface area contributed by atoms with Gasteiger partial charge in [-0.1, -0.05) is 44.2 Å². The van der Waals surface area contributed by atoms with Crippen molar-refractivity contribution in [1.82, 2.24) is 10.2 Å². The van der Waals surface area contributed by atoms with Crippen LogP contribution in [-0.2, 0) is 15.6 Å². The molecule has 1 heterocycles. The molecule has 3 rings (SSSR count). The molecule has 3 unspecified atom stereocenters. The molecule has 0 saturated carbocycles. The number of rotatable bonds is 7. The van der Waals surface area contributed by atoms with Crippen molar-refractivity contribution in [3.05, 3.63) is 65.7 Å². The van der Waals surface area contributed by atoms with E-state index >= 15 is 0 Å². The number of carbonyl (C=O) groups is 1. The molecule has 1 fully saturated rings. The summed E-state index contributed by atoms with van der Waals surface area (Å²) in [5.41, 5.74) is 1.10. The van der Waals surface area contributed by atoms with Gasteiger partial charge in [0.2, 0.25) is 0 Å². The maximum Gasteiger partial charge on any atom is 0.251 e. The van der Waals surface area contributed by atoms with E-state index in [-0.39, 0.29) is 17.7 Å². The maximum absolute atomic E-state index is 12.7. The van der Waals surface area contributed by atoms with Crippen molar-refractivity contribution in [3.63, 3.8) is 0 Å². The minimum absolute atomic E-state index is 0.0201. The lowest BCUT2D eigenvalue weighted by Gasteiger charge is -2.36. The summed E-state index contributed by atoms with van der Waals surface area (Å²) in [7, 11) is -3.45. The molecule has 30 heavy (non-hydrogen) atoms. The van der Waals surface area contributed by atoms with Gasteiger partial charge in [0.1, 0.15) is 0 Å². The zero-order chi connectivity index (χ0) is 21.7. The predicted octanol–water partition coefficient (Wildman–Crippen LogP) is 3.76. The number of hydrogen-bond acceptors (Lipinski definition) is 4. The fourth-order valence-corrected chi connectivity index (χ4v) is 5.77. The first-order valence-corrected chi connectivity index (χ1v) is 12.3. The first-order chi connectivity index (χ1) is 14.2. The van der Waals surface area contributed by atoms with E-state index in [4.69, 9.17) is 0 Å². The van der Waals surface area contributed by atoms with Gasteiger partial charge >= 0.3 is 0 Å². The number of hydrogen-bond donors (Lipinski definition) is 1. The summed E-state index contributed by atoms with van der Waals surface area (Å²) in [6, 6.07) is 15.3. The summed E-state index contributed by atoms with van der Waals surface area (Å²) >= 11 is 0. The quantitative estimate of drug-likeness (QED) is 0.729. The number of amides is 1. The Hall–Kier alpha value is -2.18. The predicted molar refractivity (Wildman–Crippen MR) is 120 cm³/mol. The van der Waals surface area contributed by atoms with Crippen LogP contribution in [-0.4, -0.2) is 44.9 Å². The van der Waals surface area contributed by atoms with E-state index < -0.39 is 9.84 Å². The lowest BCUT2D eigenvalue weighted by Crippen LogP contribution is -2.47. The number of benzene rings is 2. The molecule has 2 aromatic carbocycles. The van der Waals surface area contributed by atoms with Gasteiger partial charge in [-0.25, -0.2) is 8.42 Å². The fourth-order valence-electron chi connectivity index (χ4n) is 4.41. The van der Waals surface area contributed by atoms with E-state index in [2.05, 4.69) is 24.1 Å². The summed E-state index contributed by atoms with van der Waals surface area (Å²) in [6.07, 6.45) is 1.26. The number of nitrogens with zero attached hydrogens (tertiary/aromatic N) is 1. The minimum Gasteiger partial charge on any atom is -0.348 e. The molecule has 1 N–H and O–H groups in total. The topological polar surface area (TPSA) is 66.5 Å². The van der Waals surface area contributed by atoms with Crippen LogP contribution in [0.15, 0.2) is 59.5 Å². The molecule has 5 nitrogen and oxygen atoms in total. The van der Waals surface area contributed by atoms with Crippen molar-refractivity contribution in [2.75, 3.05) is 19.6 Å². The van der Waals surface area contributed by atoms with Crippen molar-refractivity contribution < 1.29 is 13.2 Å². The van der Waals surface area contributed by atoms with Crippen LogP contribution in [0.4, 0.5) is 0 Å². The van der Waals surface area contributed by atoms with Crippen LogP contribution < -0.4 is 5.32 Å². The zero-order valence-electron chi connectivity index (χ0n) is 18.0. The number of likely N-dealkylation sites (tertiary alicyclic amines) is 1. The van der Waals surface area contributed by atoms with Gasteiger partial charge in [-0.05, 0) is 55.0 Å². The molecule has 0 radical (unpaired) electrons. The van der Waals surface area contributed by atoms with Gasteiger partial charge in [-0.2, -0.15) is 0 Å². The Bertz CT molecular complexity index is 949. The highest BCUT2D eigenvalue weighted by atomic mass is 32.2. The van der Waals surface area contributed by atoms with Crippen molar-refractivity contribution in [2.24, 2.45) is 11.8 Å². The molecule has 6 heteroatoms. The molecule has 1 aliphatic heterocycles. The Balaban J connectivity index is 1.61. The van der Waals surface area contributed by atoms with Gasteiger partial charge in [0.15, 0.2) is 9.84 Å². The Morgan fingerprint density at radius 2 is 1.73 bits per heavy atom. The standard InChI is InChI=1S/C24H32N2O3S/c1-18-12-19(2)15-26(14-18)16-20(3)25-24(27)22-9-7-8-21(13-22)17-30(28,29)23-10-5-4-6-11-23/h4-11,13,18-20H,12,14-17H2,1-3H3,(H,25,27). The smallest absolute Gasteiger partial charge is 0.251 e. The molecule has 162 valence electrons. The third-order valence-corrected chi connectivity index (χ3v) is 7.21. The van der Waals surface area contributed by atoms with E-state index in [9.17, 15) is 13.2 Å². The normalized spacial score (nSPS) is 21.2. The molecule has 2 aromatic rings. The van der Waals surface area contributed by atoms with Crippen LogP contribution in [0.1, 0.15) is 43.1 Å². The molecule has 0 spiro atoms. The second kappa shape index (κ2) is 9.75. The first kappa shape index (κ1) is 22.5. The van der Waals surface area contributed by atoms with Crippen molar-refractivity contribution in [3.8, 4) is 0 Å². The number of sulfone groups is 1. The first-order valence-electron chi connectivity index (χ1n) is 10.6. The van der Waals surface area contributed by atoms with Crippen LogP contribution in [0.5, 0.6) is 0 Å². The van der Waals surface area contributed by atoms with Crippen LogP contribution in [0.2, 0.25) is 0 Å². The fraction of sp³-hybridized carbons (Fsp3) is 0.458. The Kier molecular flexibility index (Phi) is 7.32. The summed E-state index contributed by atoms with van der Waals surface area (Å²) in [4.78, 5) is 15.4. The lowest BCUT2D eigenvalue weighted by molar-refractivity contribution is 0.0905. The summed E-state index contributed by atoms with van der Waals surface area (Å²) in [6.45, 7) is 9.53. The van der Waals surface area contributed by atoms with Gasteiger partial charge in [0.25, 0.3) is 5.91 Å². The van der Waals surface area contributed by atoms with E-state index in [1.807, 2.05) is 6.92 Å². The number of piperidine rings is 1. The number of nitrogens with one attached hydrogen (secondary N) is 1. The van der Waals surface area contributed by atoms with E-state index in [1.165, 1.54) is 6.42 Å². The average molecular weight is 429 g/mol. The Morgan fingerprint density at radius 1 is 1.07 bits per heavy atom. The summed E-state index contributed by atoms with van der Waals surface area (Å²) in [5, 5.41) is 3.06. The SMILES string of the molecule is CC1CC(C)CN(CC(C)NC(=O)c2cccc(CS(=O)(=O)c3ccccc3)c2)C1. The van der Waals surface area contributed by atoms with Crippen molar-refractivity contribution >= 4 is 15.7 Å². The third-order valence-electron chi connectivity index (χ3n) is 5.50.